The summed E-state index contributed by atoms with van der Waals surface area (Å²) in [5.74, 6) is -2.46. The SMILES string of the molecule is O=C(O)[C@H]1CC=CC[C@H]1C(=O)Nc1cncnc1. The zero-order chi connectivity index (χ0) is 13.0. The average molecular weight is 247 g/mol. The van der Waals surface area contributed by atoms with Crippen LogP contribution in [-0.4, -0.2) is 27.0 Å². The van der Waals surface area contributed by atoms with Crippen LogP contribution in [0.4, 0.5) is 5.69 Å². The number of nitrogens with one attached hydrogen (secondary N) is 1. The number of carbonyl (C=O) groups is 2. The largest absolute Gasteiger partial charge is 0.481 e. The standard InChI is InChI=1S/C12H13N3O3/c16-11(15-8-5-13-7-14-6-8)9-3-1-2-4-10(9)12(17)18/h1-2,5-7,9-10H,3-4H2,(H,15,16)(H,17,18)/t9-,10+/m1/s1. The van der Waals surface area contributed by atoms with E-state index in [-0.39, 0.29) is 5.91 Å². The van der Waals surface area contributed by atoms with E-state index in [2.05, 4.69) is 15.3 Å². The van der Waals surface area contributed by atoms with E-state index in [1.165, 1.54) is 18.7 Å². The first-order valence-corrected chi connectivity index (χ1v) is 5.62. The zero-order valence-corrected chi connectivity index (χ0v) is 9.61. The van der Waals surface area contributed by atoms with Crippen molar-refractivity contribution in [2.45, 2.75) is 12.8 Å². The minimum absolute atomic E-state index is 0.304. The molecule has 0 fully saturated rings. The summed E-state index contributed by atoms with van der Waals surface area (Å²) in [5.41, 5.74) is 0.473. The van der Waals surface area contributed by atoms with Gasteiger partial charge in [-0.05, 0) is 12.8 Å². The molecule has 0 saturated heterocycles. The number of anilines is 1. The second-order valence-corrected chi connectivity index (χ2v) is 4.11. The van der Waals surface area contributed by atoms with Gasteiger partial charge in [-0.15, -0.1) is 0 Å². The Labute approximate surface area is 104 Å². The van der Waals surface area contributed by atoms with Gasteiger partial charge in [0.1, 0.15) is 6.33 Å². The Hall–Kier alpha value is -2.24. The summed E-state index contributed by atoms with van der Waals surface area (Å²) in [7, 11) is 0. The van der Waals surface area contributed by atoms with Crippen LogP contribution >= 0.6 is 0 Å². The Balaban J connectivity index is 2.08. The molecule has 0 saturated carbocycles. The highest BCUT2D eigenvalue weighted by Crippen LogP contribution is 2.26. The molecule has 1 aromatic heterocycles. The van der Waals surface area contributed by atoms with Crippen molar-refractivity contribution in [3.05, 3.63) is 30.9 Å². The maximum absolute atomic E-state index is 12.0. The van der Waals surface area contributed by atoms with Crippen molar-refractivity contribution in [2.75, 3.05) is 5.32 Å². The van der Waals surface area contributed by atoms with Crippen LogP contribution in [0.5, 0.6) is 0 Å². The summed E-state index contributed by atoms with van der Waals surface area (Å²) < 4.78 is 0. The third-order valence-corrected chi connectivity index (χ3v) is 2.91. The van der Waals surface area contributed by atoms with Crippen LogP contribution in [0, 0.1) is 11.8 Å². The van der Waals surface area contributed by atoms with Crippen LogP contribution in [0.25, 0.3) is 0 Å². The second-order valence-electron chi connectivity index (χ2n) is 4.11. The maximum atomic E-state index is 12.0. The van der Waals surface area contributed by atoms with Gasteiger partial charge in [0.25, 0.3) is 0 Å². The highest BCUT2D eigenvalue weighted by molar-refractivity contribution is 5.95. The van der Waals surface area contributed by atoms with Crippen molar-refractivity contribution >= 4 is 17.6 Å². The van der Waals surface area contributed by atoms with Gasteiger partial charge in [0.05, 0.1) is 29.9 Å². The molecule has 1 aliphatic carbocycles. The first-order chi connectivity index (χ1) is 8.68. The molecule has 18 heavy (non-hydrogen) atoms. The molecule has 0 bridgehead atoms. The summed E-state index contributed by atoms with van der Waals surface area (Å²) >= 11 is 0. The Bertz CT molecular complexity index is 473. The van der Waals surface area contributed by atoms with Crippen LogP contribution in [0.1, 0.15) is 12.8 Å². The molecule has 0 unspecified atom stereocenters. The van der Waals surface area contributed by atoms with E-state index >= 15 is 0 Å². The molecule has 1 aliphatic rings. The van der Waals surface area contributed by atoms with Crippen molar-refractivity contribution in [2.24, 2.45) is 11.8 Å². The molecule has 1 amide bonds. The average Bonchev–Trinajstić information content (AvgIpc) is 2.40. The highest BCUT2D eigenvalue weighted by Gasteiger charge is 2.33. The van der Waals surface area contributed by atoms with E-state index in [0.29, 0.717) is 18.5 Å². The summed E-state index contributed by atoms with van der Waals surface area (Å²) in [6, 6.07) is 0. The van der Waals surface area contributed by atoms with Gasteiger partial charge in [0.15, 0.2) is 0 Å². The lowest BCUT2D eigenvalue weighted by Gasteiger charge is -2.23. The van der Waals surface area contributed by atoms with Crippen molar-refractivity contribution in [1.29, 1.82) is 0 Å². The maximum Gasteiger partial charge on any atom is 0.307 e. The zero-order valence-electron chi connectivity index (χ0n) is 9.61. The quantitative estimate of drug-likeness (QED) is 0.780. The predicted octanol–water partition coefficient (Wildman–Crippen LogP) is 1.08. The van der Waals surface area contributed by atoms with Crippen LogP contribution in [0.15, 0.2) is 30.9 Å². The molecule has 6 nitrogen and oxygen atoms in total. The van der Waals surface area contributed by atoms with E-state index in [1.807, 2.05) is 6.08 Å². The fraction of sp³-hybridized carbons (Fsp3) is 0.333. The lowest BCUT2D eigenvalue weighted by Crippen LogP contribution is -2.34. The Morgan fingerprint density at radius 3 is 2.39 bits per heavy atom. The molecular formula is C12H13N3O3. The minimum Gasteiger partial charge on any atom is -0.481 e. The van der Waals surface area contributed by atoms with Gasteiger partial charge in [0.2, 0.25) is 5.91 Å². The number of aliphatic carboxylic acids is 1. The lowest BCUT2D eigenvalue weighted by molar-refractivity contribution is -0.146. The Morgan fingerprint density at radius 1 is 1.17 bits per heavy atom. The molecule has 0 aromatic carbocycles. The summed E-state index contributed by atoms with van der Waals surface area (Å²) in [5, 5.41) is 11.7. The van der Waals surface area contributed by atoms with E-state index in [0.717, 1.165) is 0 Å². The first-order valence-electron chi connectivity index (χ1n) is 5.62. The lowest BCUT2D eigenvalue weighted by atomic mass is 9.82. The molecule has 1 heterocycles. The molecule has 0 spiro atoms. The van der Waals surface area contributed by atoms with Crippen LogP contribution in [-0.2, 0) is 9.59 Å². The third-order valence-electron chi connectivity index (χ3n) is 2.91. The van der Waals surface area contributed by atoms with Gasteiger partial charge in [0, 0.05) is 0 Å². The van der Waals surface area contributed by atoms with Crippen LogP contribution in [0.2, 0.25) is 0 Å². The molecule has 6 heteroatoms. The molecule has 2 N–H and O–H groups in total. The van der Waals surface area contributed by atoms with Crippen LogP contribution < -0.4 is 5.32 Å². The van der Waals surface area contributed by atoms with E-state index in [9.17, 15) is 9.59 Å². The van der Waals surface area contributed by atoms with Gasteiger partial charge in [-0.3, -0.25) is 9.59 Å². The van der Waals surface area contributed by atoms with Gasteiger partial charge >= 0.3 is 5.97 Å². The van der Waals surface area contributed by atoms with E-state index in [1.54, 1.807) is 6.08 Å². The van der Waals surface area contributed by atoms with Crippen molar-refractivity contribution in [3.8, 4) is 0 Å². The molecule has 2 atom stereocenters. The normalized spacial score (nSPS) is 22.4. The van der Waals surface area contributed by atoms with Gasteiger partial charge in [-0.25, -0.2) is 9.97 Å². The topological polar surface area (TPSA) is 92.2 Å². The van der Waals surface area contributed by atoms with Gasteiger partial charge < -0.3 is 10.4 Å². The summed E-state index contributed by atoms with van der Waals surface area (Å²) in [6.45, 7) is 0. The van der Waals surface area contributed by atoms with Crippen molar-refractivity contribution in [3.63, 3.8) is 0 Å². The number of nitrogens with zero attached hydrogens (tertiary/aromatic N) is 2. The number of carboxylic acids is 1. The minimum atomic E-state index is -0.941. The van der Waals surface area contributed by atoms with Crippen molar-refractivity contribution < 1.29 is 14.7 Å². The molecule has 0 radical (unpaired) electrons. The fourth-order valence-electron chi connectivity index (χ4n) is 1.98. The second kappa shape index (κ2) is 5.39. The van der Waals surface area contributed by atoms with Gasteiger partial charge in [-0.2, -0.15) is 0 Å². The predicted molar refractivity (Wildman–Crippen MR) is 63.7 cm³/mol. The number of allylic oxidation sites excluding steroid dienone is 2. The Morgan fingerprint density at radius 2 is 1.78 bits per heavy atom. The molecule has 2 rings (SSSR count). The number of amides is 1. The van der Waals surface area contributed by atoms with E-state index in [4.69, 9.17) is 5.11 Å². The number of aromatic nitrogens is 2. The van der Waals surface area contributed by atoms with Crippen molar-refractivity contribution in [1.82, 2.24) is 9.97 Å². The number of carboxylic acid groups (broad SMARTS) is 1. The molecule has 0 aliphatic heterocycles. The molecule has 94 valence electrons. The summed E-state index contributed by atoms with van der Waals surface area (Å²) in [4.78, 5) is 30.7. The smallest absolute Gasteiger partial charge is 0.307 e. The number of rotatable bonds is 3. The Kier molecular flexibility index (Phi) is 3.66. The highest BCUT2D eigenvalue weighted by atomic mass is 16.4. The number of hydrogen-bond acceptors (Lipinski definition) is 4. The van der Waals surface area contributed by atoms with E-state index < -0.39 is 17.8 Å². The number of carbonyl (C=O) groups excluding carboxylic acids is 1. The third kappa shape index (κ3) is 2.71. The monoisotopic (exact) mass is 247 g/mol. The first kappa shape index (κ1) is 12.2. The molecular weight excluding hydrogens is 234 g/mol. The summed E-state index contributed by atoms with van der Waals surface area (Å²) in [6.07, 6.45) is 8.77. The van der Waals surface area contributed by atoms with Crippen LogP contribution in [0.3, 0.4) is 0 Å². The molecule has 1 aromatic rings. The number of hydrogen-bond donors (Lipinski definition) is 2. The van der Waals surface area contributed by atoms with Gasteiger partial charge in [-0.1, -0.05) is 12.2 Å². The fourth-order valence-corrected chi connectivity index (χ4v) is 1.98.